The molecule has 0 saturated heterocycles. The fourth-order valence-electron chi connectivity index (χ4n) is 1.75. The third kappa shape index (κ3) is 5.20. The molecule has 0 amide bonds. The molecule has 0 atom stereocenters. The molecule has 1 rings (SSSR count). The molecule has 8 heteroatoms. The predicted molar refractivity (Wildman–Crippen MR) is 72.5 cm³/mol. The molecule has 120 valence electrons. The Labute approximate surface area is 122 Å². The molecular weight excluding hydrogens is 307 g/mol. The molecule has 0 radical (unpaired) electrons. The molecular formula is C13H18F3NO3S. The Morgan fingerprint density at radius 3 is 2.14 bits per heavy atom. The lowest BCUT2D eigenvalue weighted by Crippen LogP contribution is -2.31. The Morgan fingerprint density at radius 2 is 1.71 bits per heavy atom. The monoisotopic (exact) mass is 325 g/mol. The van der Waals surface area contributed by atoms with Gasteiger partial charge >= 0.3 is 6.36 Å². The second-order valence-corrected chi connectivity index (χ2v) is 6.31. The molecule has 21 heavy (non-hydrogen) atoms. The summed E-state index contributed by atoms with van der Waals surface area (Å²) in [5.41, 5.74) is 0. The quantitative estimate of drug-likeness (QED) is 0.772. The average Bonchev–Trinajstić information content (AvgIpc) is 2.38. The van der Waals surface area contributed by atoms with Gasteiger partial charge in [0.2, 0.25) is 10.0 Å². The van der Waals surface area contributed by atoms with Gasteiger partial charge in [0.1, 0.15) is 5.75 Å². The maximum atomic E-state index is 12.3. The Hall–Kier alpha value is -1.28. The van der Waals surface area contributed by atoms with Gasteiger partial charge in [-0.15, -0.1) is 13.2 Å². The minimum Gasteiger partial charge on any atom is -0.406 e. The first-order valence-electron chi connectivity index (χ1n) is 6.56. The van der Waals surface area contributed by atoms with Crippen LogP contribution in [-0.2, 0) is 10.0 Å². The molecule has 0 aliphatic heterocycles. The maximum absolute atomic E-state index is 12.3. The number of ether oxygens (including phenoxy) is 1. The third-order valence-corrected chi connectivity index (χ3v) is 4.80. The summed E-state index contributed by atoms with van der Waals surface area (Å²) in [5.74, 6) is -0.446. The summed E-state index contributed by atoms with van der Waals surface area (Å²) in [5, 5.41) is 0. The largest absolute Gasteiger partial charge is 0.573 e. The van der Waals surface area contributed by atoms with Crippen LogP contribution in [0.5, 0.6) is 5.75 Å². The summed E-state index contributed by atoms with van der Waals surface area (Å²) in [6, 6.07) is 4.22. The predicted octanol–water partition coefficient (Wildman–Crippen LogP) is 3.40. The molecule has 0 aliphatic rings. The van der Waals surface area contributed by atoms with Crippen molar-refractivity contribution in [3.05, 3.63) is 24.3 Å². The van der Waals surface area contributed by atoms with Crippen LogP contribution in [0.3, 0.4) is 0 Å². The molecule has 0 N–H and O–H groups in total. The minimum atomic E-state index is -4.79. The Balaban J connectivity index is 2.93. The van der Waals surface area contributed by atoms with E-state index in [2.05, 4.69) is 4.74 Å². The number of alkyl halides is 3. The van der Waals surface area contributed by atoms with Gasteiger partial charge in [0, 0.05) is 13.1 Å². The average molecular weight is 325 g/mol. The molecule has 1 aromatic rings. The van der Waals surface area contributed by atoms with Crippen molar-refractivity contribution in [1.29, 1.82) is 0 Å². The summed E-state index contributed by atoms with van der Waals surface area (Å²) in [6.45, 7) is 4.36. The van der Waals surface area contributed by atoms with Crippen molar-refractivity contribution >= 4 is 10.0 Å². The van der Waals surface area contributed by atoms with E-state index >= 15 is 0 Å². The van der Waals surface area contributed by atoms with E-state index in [1.807, 2.05) is 6.92 Å². The number of unbranched alkanes of at least 4 members (excludes halogenated alkanes) is 1. The molecule has 4 nitrogen and oxygen atoms in total. The summed E-state index contributed by atoms with van der Waals surface area (Å²) >= 11 is 0. The summed E-state index contributed by atoms with van der Waals surface area (Å²) in [7, 11) is -3.69. The van der Waals surface area contributed by atoms with Crippen LogP contribution in [0.1, 0.15) is 26.7 Å². The van der Waals surface area contributed by atoms with E-state index in [0.29, 0.717) is 13.1 Å². The van der Waals surface area contributed by atoms with Gasteiger partial charge in [-0.2, -0.15) is 4.31 Å². The standard InChI is InChI=1S/C13H18F3NO3S/c1-3-5-10-17(4-2)21(18,19)12-8-6-11(7-9-12)20-13(14,15)16/h6-9H,3-5,10H2,1-2H3. The fraction of sp³-hybridized carbons (Fsp3) is 0.538. The fourth-order valence-corrected chi connectivity index (χ4v) is 3.23. The zero-order valence-corrected chi connectivity index (χ0v) is 12.7. The van der Waals surface area contributed by atoms with E-state index in [-0.39, 0.29) is 4.90 Å². The number of hydrogen-bond donors (Lipinski definition) is 0. The normalized spacial score (nSPS) is 12.7. The molecule has 0 unspecified atom stereocenters. The van der Waals surface area contributed by atoms with Crippen molar-refractivity contribution in [2.75, 3.05) is 13.1 Å². The molecule has 0 fully saturated rings. The molecule has 0 bridgehead atoms. The Kier molecular flexibility index (Phi) is 6.03. The van der Waals surface area contributed by atoms with Gasteiger partial charge in [0.25, 0.3) is 0 Å². The number of sulfonamides is 1. The van der Waals surface area contributed by atoms with Gasteiger partial charge in [0.05, 0.1) is 4.90 Å². The number of halogens is 3. The minimum absolute atomic E-state index is 0.0463. The van der Waals surface area contributed by atoms with Gasteiger partial charge in [-0.1, -0.05) is 20.3 Å². The molecule has 0 saturated carbocycles. The highest BCUT2D eigenvalue weighted by Crippen LogP contribution is 2.25. The van der Waals surface area contributed by atoms with Crippen LogP contribution in [0.2, 0.25) is 0 Å². The number of rotatable bonds is 7. The van der Waals surface area contributed by atoms with Crippen LogP contribution >= 0.6 is 0 Å². The van der Waals surface area contributed by atoms with E-state index in [9.17, 15) is 21.6 Å². The topological polar surface area (TPSA) is 46.6 Å². The van der Waals surface area contributed by atoms with Gasteiger partial charge < -0.3 is 4.74 Å². The van der Waals surface area contributed by atoms with Crippen molar-refractivity contribution < 1.29 is 26.3 Å². The lowest BCUT2D eigenvalue weighted by Gasteiger charge is -2.20. The number of hydrogen-bond acceptors (Lipinski definition) is 3. The first kappa shape index (κ1) is 17.8. The van der Waals surface area contributed by atoms with Gasteiger partial charge in [-0.3, -0.25) is 0 Å². The Bertz CT molecular complexity index is 541. The van der Waals surface area contributed by atoms with E-state index < -0.39 is 22.1 Å². The lowest BCUT2D eigenvalue weighted by molar-refractivity contribution is -0.274. The second-order valence-electron chi connectivity index (χ2n) is 4.37. The van der Waals surface area contributed by atoms with Crippen molar-refractivity contribution in [2.24, 2.45) is 0 Å². The van der Waals surface area contributed by atoms with Crippen LogP contribution in [0.25, 0.3) is 0 Å². The third-order valence-electron chi connectivity index (χ3n) is 2.81. The van der Waals surface area contributed by atoms with E-state index in [0.717, 1.165) is 37.1 Å². The van der Waals surface area contributed by atoms with E-state index in [1.54, 1.807) is 6.92 Å². The molecule has 0 heterocycles. The van der Waals surface area contributed by atoms with Crippen LogP contribution < -0.4 is 4.74 Å². The van der Waals surface area contributed by atoms with Crippen LogP contribution in [-0.4, -0.2) is 32.2 Å². The first-order valence-corrected chi connectivity index (χ1v) is 8.00. The van der Waals surface area contributed by atoms with Crippen molar-refractivity contribution in [3.8, 4) is 5.75 Å². The number of benzene rings is 1. The number of nitrogens with zero attached hydrogens (tertiary/aromatic N) is 1. The zero-order chi connectivity index (χ0) is 16.1. The van der Waals surface area contributed by atoms with Crippen LogP contribution in [0.15, 0.2) is 29.2 Å². The second kappa shape index (κ2) is 7.13. The molecule has 1 aromatic carbocycles. The summed E-state index contributed by atoms with van der Waals surface area (Å²) in [4.78, 5) is -0.0463. The molecule has 0 aliphatic carbocycles. The van der Waals surface area contributed by atoms with Crippen molar-refractivity contribution in [2.45, 2.75) is 37.9 Å². The van der Waals surface area contributed by atoms with Crippen LogP contribution in [0.4, 0.5) is 13.2 Å². The van der Waals surface area contributed by atoms with Gasteiger partial charge in [-0.05, 0) is 30.7 Å². The van der Waals surface area contributed by atoms with Gasteiger partial charge in [-0.25, -0.2) is 8.42 Å². The maximum Gasteiger partial charge on any atom is 0.573 e. The van der Waals surface area contributed by atoms with E-state index in [4.69, 9.17) is 0 Å². The highest BCUT2D eigenvalue weighted by atomic mass is 32.2. The first-order chi connectivity index (χ1) is 9.70. The summed E-state index contributed by atoms with van der Waals surface area (Å²) in [6.07, 6.45) is -3.22. The van der Waals surface area contributed by atoms with Gasteiger partial charge in [0.15, 0.2) is 0 Å². The van der Waals surface area contributed by atoms with Crippen LogP contribution in [0, 0.1) is 0 Å². The highest BCUT2D eigenvalue weighted by molar-refractivity contribution is 7.89. The summed E-state index contributed by atoms with van der Waals surface area (Å²) < 4.78 is 65.8. The highest BCUT2D eigenvalue weighted by Gasteiger charge is 2.31. The van der Waals surface area contributed by atoms with E-state index in [1.165, 1.54) is 4.31 Å². The smallest absolute Gasteiger partial charge is 0.406 e. The zero-order valence-electron chi connectivity index (χ0n) is 11.9. The molecule has 0 spiro atoms. The van der Waals surface area contributed by atoms with Crippen molar-refractivity contribution in [3.63, 3.8) is 0 Å². The lowest BCUT2D eigenvalue weighted by atomic mass is 10.3. The SMILES string of the molecule is CCCCN(CC)S(=O)(=O)c1ccc(OC(F)(F)F)cc1. The van der Waals surface area contributed by atoms with Crippen molar-refractivity contribution in [1.82, 2.24) is 4.31 Å². The molecule has 0 aromatic heterocycles. The Morgan fingerprint density at radius 1 is 1.14 bits per heavy atom.